The largest absolute Gasteiger partial charge is 0.481 e. The number of carbonyl (C=O) groups excluding carboxylic acids is 1. The number of nitrogen functional groups attached to an aromatic ring is 1. The Bertz CT molecular complexity index is 480. The van der Waals surface area contributed by atoms with E-state index >= 15 is 0 Å². The summed E-state index contributed by atoms with van der Waals surface area (Å²) in [4.78, 5) is 21.8. The molecule has 2 rings (SSSR count). The van der Waals surface area contributed by atoms with E-state index in [0.717, 1.165) is 6.54 Å². The van der Waals surface area contributed by atoms with Gasteiger partial charge in [0, 0.05) is 19.2 Å². The van der Waals surface area contributed by atoms with Gasteiger partial charge in [-0.2, -0.15) is 9.97 Å². The van der Waals surface area contributed by atoms with Crippen molar-refractivity contribution in [2.45, 2.75) is 6.92 Å². The van der Waals surface area contributed by atoms with Crippen LogP contribution in [0.15, 0.2) is 6.07 Å². The number of hydrogen-bond acceptors (Lipinski definition) is 7. The molecule has 0 spiro atoms. The van der Waals surface area contributed by atoms with Crippen LogP contribution in [0.25, 0.3) is 0 Å². The average Bonchev–Trinajstić information content (AvgIpc) is 2.79. The summed E-state index contributed by atoms with van der Waals surface area (Å²) in [5.74, 6) is 1.11. The molecule has 0 amide bonds. The highest BCUT2D eigenvalue weighted by atomic mass is 16.5. The molecule has 0 radical (unpaired) electrons. The molecule has 1 aliphatic heterocycles. The Labute approximate surface area is 111 Å². The van der Waals surface area contributed by atoms with Gasteiger partial charge in [-0.25, -0.2) is 0 Å². The van der Waals surface area contributed by atoms with Gasteiger partial charge in [-0.15, -0.1) is 0 Å². The lowest BCUT2D eigenvalue weighted by atomic mass is 9.99. The molecule has 19 heavy (non-hydrogen) atoms. The lowest BCUT2D eigenvalue weighted by Gasteiger charge is -2.17. The average molecular weight is 266 g/mol. The van der Waals surface area contributed by atoms with Crippen LogP contribution >= 0.6 is 0 Å². The first kappa shape index (κ1) is 13.4. The van der Waals surface area contributed by atoms with Gasteiger partial charge in [0.05, 0.1) is 20.1 Å². The smallest absolute Gasteiger partial charge is 0.310 e. The standard InChI is InChI=1S/C12H18N4O3/c1-7-5-16(6-8(7)11(17)19-3)9-4-10(18-2)15-12(13)14-9/h4,7-8H,5-6H2,1-3H3,(H2,13,14,15). The summed E-state index contributed by atoms with van der Waals surface area (Å²) >= 11 is 0. The first-order chi connectivity index (χ1) is 9.05. The summed E-state index contributed by atoms with van der Waals surface area (Å²) < 4.78 is 9.88. The van der Waals surface area contributed by atoms with Crippen molar-refractivity contribution in [1.82, 2.24) is 9.97 Å². The summed E-state index contributed by atoms with van der Waals surface area (Å²) in [6, 6.07) is 1.71. The molecule has 1 aromatic rings. The summed E-state index contributed by atoms with van der Waals surface area (Å²) in [6.45, 7) is 3.30. The van der Waals surface area contributed by atoms with Gasteiger partial charge in [0.1, 0.15) is 5.82 Å². The van der Waals surface area contributed by atoms with Gasteiger partial charge in [0.2, 0.25) is 11.8 Å². The minimum Gasteiger partial charge on any atom is -0.481 e. The molecule has 7 nitrogen and oxygen atoms in total. The van der Waals surface area contributed by atoms with Gasteiger partial charge in [0.15, 0.2) is 0 Å². The van der Waals surface area contributed by atoms with Crippen molar-refractivity contribution in [1.29, 1.82) is 0 Å². The van der Waals surface area contributed by atoms with E-state index in [1.54, 1.807) is 6.07 Å². The van der Waals surface area contributed by atoms with Crippen LogP contribution in [0.5, 0.6) is 5.88 Å². The van der Waals surface area contributed by atoms with E-state index in [4.69, 9.17) is 15.2 Å². The first-order valence-electron chi connectivity index (χ1n) is 6.06. The molecule has 2 heterocycles. The highest BCUT2D eigenvalue weighted by molar-refractivity contribution is 5.74. The van der Waals surface area contributed by atoms with Crippen LogP contribution in [0.3, 0.4) is 0 Å². The SMILES string of the molecule is COC(=O)C1CN(c2cc(OC)nc(N)n2)CC1C. The Hall–Kier alpha value is -2.05. The topological polar surface area (TPSA) is 90.6 Å². The zero-order valence-electron chi connectivity index (χ0n) is 11.3. The molecule has 2 unspecified atom stereocenters. The maximum atomic E-state index is 11.7. The van der Waals surface area contributed by atoms with Crippen LogP contribution in [0.2, 0.25) is 0 Å². The predicted molar refractivity (Wildman–Crippen MR) is 69.9 cm³/mol. The molecule has 0 saturated carbocycles. The lowest BCUT2D eigenvalue weighted by Crippen LogP contribution is -2.25. The van der Waals surface area contributed by atoms with Gasteiger partial charge >= 0.3 is 5.97 Å². The third-order valence-electron chi connectivity index (χ3n) is 3.36. The molecule has 7 heteroatoms. The van der Waals surface area contributed by atoms with Crippen LogP contribution in [-0.4, -0.2) is 43.2 Å². The minimum absolute atomic E-state index is 0.146. The zero-order chi connectivity index (χ0) is 14.0. The quantitative estimate of drug-likeness (QED) is 0.787. The molecule has 0 aliphatic carbocycles. The number of nitrogens with two attached hydrogens (primary N) is 1. The van der Waals surface area contributed by atoms with Crippen molar-refractivity contribution in [2.75, 3.05) is 37.9 Å². The van der Waals surface area contributed by atoms with Crippen LogP contribution in [-0.2, 0) is 9.53 Å². The Balaban J connectivity index is 2.20. The second-order valence-corrected chi connectivity index (χ2v) is 4.64. The normalized spacial score (nSPS) is 22.4. The second-order valence-electron chi connectivity index (χ2n) is 4.64. The monoisotopic (exact) mass is 266 g/mol. The molecular weight excluding hydrogens is 248 g/mol. The van der Waals surface area contributed by atoms with Crippen molar-refractivity contribution in [3.8, 4) is 5.88 Å². The summed E-state index contributed by atoms with van der Waals surface area (Å²) in [6.07, 6.45) is 0. The van der Waals surface area contributed by atoms with Crippen molar-refractivity contribution >= 4 is 17.7 Å². The number of esters is 1. The molecule has 1 saturated heterocycles. The number of ether oxygens (including phenoxy) is 2. The predicted octanol–water partition coefficient (Wildman–Crippen LogP) is 0.313. The molecule has 0 bridgehead atoms. The van der Waals surface area contributed by atoms with Crippen LogP contribution in [0, 0.1) is 11.8 Å². The third-order valence-corrected chi connectivity index (χ3v) is 3.36. The number of nitrogens with zero attached hydrogens (tertiary/aromatic N) is 3. The van der Waals surface area contributed by atoms with Crippen molar-refractivity contribution < 1.29 is 14.3 Å². The fraction of sp³-hybridized carbons (Fsp3) is 0.583. The van der Waals surface area contributed by atoms with Crippen molar-refractivity contribution in [3.05, 3.63) is 6.07 Å². The summed E-state index contributed by atoms with van der Waals surface area (Å²) in [5, 5.41) is 0. The van der Waals surface area contributed by atoms with Crippen LogP contribution in [0.4, 0.5) is 11.8 Å². The van der Waals surface area contributed by atoms with E-state index in [1.807, 2.05) is 11.8 Å². The maximum Gasteiger partial charge on any atom is 0.310 e. The highest BCUT2D eigenvalue weighted by Crippen LogP contribution is 2.29. The third kappa shape index (κ3) is 2.69. The van der Waals surface area contributed by atoms with E-state index in [1.165, 1.54) is 14.2 Å². The van der Waals surface area contributed by atoms with Gasteiger partial charge in [-0.3, -0.25) is 4.79 Å². The Morgan fingerprint density at radius 2 is 2.16 bits per heavy atom. The fourth-order valence-electron chi connectivity index (χ4n) is 2.31. The highest BCUT2D eigenvalue weighted by Gasteiger charge is 2.36. The fourth-order valence-corrected chi connectivity index (χ4v) is 2.31. The van der Waals surface area contributed by atoms with Crippen molar-refractivity contribution in [3.63, 3.8) is 0 Å². The molecule has 1 aliphatic rings. The summed E-state index contributed by atoms with van der Waals surface area (Å²) in [7, 11) is 2.93. The van der Waals surface area contributed by atoms with E-state index in [2.05, 4.69) is 9.97 Å². The molecule has 2 N–H and O–H groups in total. The van der Waals surface area contributed by atoms with E-state index in [-0.39, 0.29) is 23.8 Å². The number of rotatable bonds is 3. The lowest BCUT2D eigenvalue weighted by molar-refractivity contribution is -0.145. The van der Waals surface area contributed by atoms with E-state index < -0.39 is 0 Å². The molecular formula is C12H18N4O3. The number of methoxy groups -OCH3 is 2. The number of anilines is 2. The van der Waals surface area contributed by atoms with Crippen molar-refractivity contribution in [2.24, 2.45) is 11.8 Å². The second kappa shape index (κ2) is 5.29. The van der Waals surface area contributed by atoms with E-state index in [9.17, 15) is 4.79 Å². The molecule has 1 aromatic heterocycles. The molecule has 1 fully saturated rings. The first-order valence-corrected chi connectivity index (χ1v) is 6.06. The van der Waals surface area contributed by atoms with Gasteiger partial charge in [-0.05, 0) is 5.92 Å². The zero-order valence-corrected chi connectivity index (χ0v) is 11.3. The van der Waals surface area contributed by atoms with Crippen LogP contribution < -0.4 is 15.4 Å². The van der Waals surface area contributed by atoms with Crippen LogP contribution in [0.1, 0.15) is 6.92 Å². The van der Waals surface area contributed by atoms with Gasteiger partial charge in [0.25, 0.3) is 0 Å². The maximum absolute atomic E-state index is 11.7. The molecule has 2 atom stereocenters. The van der Waals surface area contributed by atoms with E-state index in [0.29, 0.717) is 18.2 Å². The Kier molecular flexibility index (Phi) is 3.73. The molecule has 104 valence electrons. The van der Waals surface area contributed by atoms with Gasteiger partial charge in [-0.1, -0.05) is 6.92 Å². The number of carbonyl (C=O) groups is 1. The molecule has 0 aromatic carbocycles. The van der Waals surface area contributed by atoms with Gasteiger partial charge < -0.3 is 20.1 Å². The summed E-state index contributed by atoms with van der Waals surface area (Å²) in [5.41, 5.74) is 5.64. The Morgan fingerprint density at radius 1 is 1.42 bits per heavy atom. The number of hydrogen-bond donors (Lipinski definition) is 1. The minimum atomic E-state index is -0.191. The number of aromatic nitrogens is 2. The Morgan fingerprint density at radius 3 is 2.79 bits per heavy atom.